The molecule has 0 aliphatic heterocycles. The van der Waals surface area contributed by atoms with E-state index in [4.69, 9.17) is 23.2 Å². The SMILES string of the molecule is CC1CCC/C(=N/NC(=O)CCC(=O)Nc2ccc(Cl)cc2Cl)C1. The molecule has 1 fully saturated rings. The van der Waals surface area contributed by atoms with Gasteiger partial charge in [-0.2, -0.15) is 5.10 Å². The average Bonchev–Trinajstić information content (AvgIpc) is 2.54. The van der Waals surface area contributed by atoms with Gasteiger partial charge in [-0.05, 0) is 49.8 Å². The van der Waals surface area contributed by atoms with Crippen molar-refractivity contribution in [3.63, 3.8) is 0 Å². The largest absolute Gasteiger partial charge is 0.325 e. The normalized spacial score (nSPS) is 19.1. The van der Waals surface area contributed by atoms with Crippen molar-refractivity contribution < 1.29 is 9.59 Å². The fraction of sp³-hybridized carbons (Fsp3) is 0.471. The molecular formula is C17H21Cl2N3O2. The summed E-state index contributed by atoms with van der Waals surface area (Å²) >= 11 is 11.8. The molecule has 1 aromatic carbocycles. The number of carbonyl (C=O) groups is 2. The molecule has 7 heteroatoms. The van der Waals surface area contributed by atoms with Gasteiger partial charge in [0.1, 0.15) is 0 Å². The number of halogens is 2. The number of carbonyl (C=O) groups excluding carboxylic acids is 2. The summed E-state index contributed by atoms with van der Waals surface area (Å²) < 4.78 is 0. The van der Waals surface area contributed by atoms with Crippen LogP contribution in [0.1, 0.15) is 45.4 Å². The Hall–Kier alpha value is -1.59. The van der Waals surface area contributed by atoms with Gasteiger partial charge in [0.15, 0.2) is 0 Å². The third kappa shape index (κ3) is 6.13. The molecule has 2 rings (SSSR count). The number of benzene rings is 1. The molecule has 5 nitrogen and oxygen atoms in total. The number of hydrogen-bond acceptors (Lipinski definition) is 3. The summed E-state index contributed by atoms with van der Waals surface area (Å²) in [5.74, 6) is 0.0655. The van der Waals surface area contributed by atoms with E-state index in [1.54, 1.807) is 18.2 Å². The second-order valence-electron chi connectivity index (χ2n) is 6.09. The third-order valence-electron chi connectivity index (χ3n) is 3.87. The van der Waals surface area contributed by atoms with Crippen LogP contribution in [0.4, 0.5) is 5.69 Å². The minimum Gasteiger partial charge on any atom is -0.325 e. The minimum absolute atomic E-state index is 0.0616. The van der Waals surface area contributed by atoms with Crippen LogP contribution in [0.2, 0.25) is 10.0 Å². The minimum atomic E-state index is -0.284. The zero-order valence-electron chi connectivity index (χ0n) is 13.6. The Labute approximate surface area is 151 Å². The standard InChI is InChI=1S/C17H21Cl2N3O2/c1-11-3-2-4-13(9-11)21-22-17(24)8-7-16(23)20-15-6-5-12(18)10-14(15)19/h5-6,10-11H,2-4,7-9H2,1H3,(H,20,23)(H,22,24)/b21-13-. The van der Waals surface area contributed by atoms with E-state index in [-0.39, 0.29) is 24.7 Å². The molecule has 0 bridgehead atoms. The lowest BCUT2D eigenvalue weighted by molar-refractivity contribution is -0.124. The first-order valence-electron chi connectivity index (χ1n) is 8.03. The van der Waals surface area contributed by atoms with Crippen LogP contribution in [0.25, 0.3) is 0 Å². The zero-order chi connectivity index (χ0) is 17.5. The fourth-order valence-electron chi connectivity index (χ4n) is 2.59. The molecular weight excluding hydrogens is 349 g/mol. The van der Waals surface area contributed by atoms with Gasteiger partial charge in [-0.15, -0.1) is 0 Å². The van der Waals surface area contributed by atoms with E-state index in [2.05, 4.69) is 22.8 Å². The summed E-state index contributed by atoms with van der Waals surface area (Å²) in [4.78, 5) is 23.7. The second-order valence-corrected chi connectivity index (χ2v) is 6.93. The molecule has 1 aliphatic rings. The van der Waals surface area contributed by atoms with Gasteiger partial charge in [0.05, 0.1) is 10.7 Å². The number of anilines is 1. The molecule has 1 aliphatic carbocycles. The van der Waals surface area contributed by atoms with E-state index in [0.29, 0.717) is 21.7 Å². The van der Waals surface area contributed by atoms with Crippen molar-refractivity contribution in [1.29, 1.82) is 0 Å². The Morgan fingerprint density at radius 1 is 1.25 bits per heavy atom. The van der Waals surface area contributed by atoms with E-state index < -0.39 is 0 Å². The van der Waals surface area contributed by atoms with Gasteiger partial charge in [0, 0.05) is 23.6 Å². The molecule has 0 radical (unpaired) electrons. The Morgan fingerprint density at radius 2 is 2.00 bits per heavy atom. The van der Waals surface area contributed by atoms with Gasteiger partial charge < -0.3 is 5.32 Å². The van der Waals surface area contributed by atoms with Gasteiger partial charge in [-0.3, -0.25) is 9.59 Å². The van der Waals surface area contributed by atoms with Crippen molar-refractivity contribution in [2.75, 3.05) is 5.32 Å². The molecule has 2 N–H and O–H groups in total. The maximum Gasteiger partial charge on any atom is 0.240 e. The predicted octanol–water partition coefficient (Wildman–Crippen LogP) is 4.39. The first kappa shape index (κ1) is 18.7. The van der Waals surface area contributed by atoms with E-state index in [0.717, 1.165) is 25.0 Å². The predicted molar refractivity (Wildman–Crippen MR) is 97.5 cm³/mol. The van der Waals surface area contributed by atoms with Crippen LogP contribution in [0, 0.1) is 5.92 Å². The molecule has 1 atom stereocenters. The lowest BCUT2D eigenvalue weighted by atomic mass is 9.89. The number of rotatable bonds is 5. The topological polar surface area (TPSA) is 70.6 Å². The van der Waals surface area contributed by atoms with E-state index in [9.17, 15) is 9.59 Å². The molecule has 0 saturated heterocycles. The summed E-state index contributed by atoms with van der Waals surface area (Å²) in [7, 11) is 0. The maximum atomic E-state index is 11.9. The highest BCUT2D eigenvalue weighted by molar-refractivity contribution is 6.36. The second kappa shape index (κ2) is 9.04. The first-order chi connectivity index (χ1) is 11.4. The smallest absolute Gasteiger partial charge is 0.240 e. The Bertz CT molecular complexity index is 647. The Morgan fingerprint density at radius 3 is 2.71 bits per heavy atom. The molecule has 130 valence electrons. The van der Waals surface area contributed by atoms with E-state index in [1.807, 2.05) is 0 Å². The van der Waals surface area contributed by atoms with Crippen LogP contribution in [-0.2, 0) is 9.59 Å². The molecule has 24 heavy (non-hydrogen) atoms. The fourth-order valence-corrected chi connectivity index (χ4v) is 3.05. The molecule has 1 unspecified atom stereocenters. The average molecular weight is 370 g/mol. The highest BCUT2D eigenvalue weighted by Crippen LogP contribution is 2.25. The summed E-state index contributed by atoms with van der Waals surface area (Å²) in [5.41, 5.74) is 4.04. The van der Waals surface area contributed by atoms with Crippen molar-refractivity contribution >= 4 is 46.4 Å². The van der Waals surface area contributed by atoms with Gasteiger partial charge in [0.2, 0.25) is 11.8 Å². The lowest BCUT2D eigenvalue weighted by Crippen LogP contribution is -2.23. The molecule has 0 spiro atoms. The molecule has 1 aromatic rings. The van der Waals surface area contributed by atoms with Crippen molar-refractivity contribution in [3.05, 3.63) is 28.2 Å². The molecule has 0 aromatic heterocycles. The van der Waals surface area contributed by atoms with E-state index in [1.165, 1.54) is 6.42 Å². The first-order valence-corrected chi connectivity index (χ1v) is 8.79. The zero-order valence-corrected chi connectivity index (χ0v) is 15.1. The van der Waals surface area contributed by atoms with Gasteiger partial charge in [-0.1, -0.05) is 30.1 Å². The third-order valence-corrected chi connectivity index (χ3v) is 4.42. The van der Waals surface area contributed by atoms with Crippen LogP contribution in [0.15, 0.2) is 23.3 Å². The van der Waals surface area contributed by atoms with Crippen molar-refractivity contribution in [1.82, 2.24) is 5.43 Å². The molecule has 0 heterocycles. The number of nitrogens with zero attached hydrogens (tertiary/aromatic N) is 1. The number of hydrogen-bond donors (Lipinski definition) is 2. The molecule has 1 saturated carbocycles. The van der Waals surface area contributed by atoms with E-state index >= 15 is 0 Å². The maximum absolute atomic E-state index is 11.9. The lowest BCUT2D eigenvalue weighted by Gasteiger charge is -2.18. The van der Waals surface area contributed by atoms with Gasteiger partial charge >= 0.3 is 0 Å². The Balaban J connectivity index is 1.75. The number of nitrogens with one attached hydrogen (secondary N) is 2. The summed E-state index contributed by atoms with van der Waals surface area (Å²) in [6.45, 7) is 2.18. The highest BCUT2D eigenvalue weighted by Gasteiger charge is 2.14. The summed E-state index contributed by atoms with van der Waals surface area (Å²) in [6.07, 6.45) is 4.31. The van der Waals surface area contributed by atoms with Crippen LogP contribution in [0.5, 0.6) is 0 Å². The number of amides is 2. The Kier molecular flexibility index (Phi) is 7.06. The summed E-state index contributed by atoms with van der Waals surface area (Å²) in [5, 5.41) is 7.68. The highest BCUT2D eigenvalue weighted by atomic mass is 35.5. The van der Waals surface area contributed by atoms with Gasteiger partial charge in [0.25, 0.3) is 0 Å². The summed E-state index contributed by atoms with van der Waals surface area (Å²) in [6, 6.07) is 4.81. The van der Waals surface area contributed by atoms with Crippen LogP contribution in [-0.4, -0.2) is 17.5 Å². The van der Waals surface area contributed by atoms with Crippen LogP contribution >= 0.6 is 23.2 Å². The quantitative estimate of drug-likeness (QED) is 0.755. The number of hydrazone groups is 1. The van der Waals surface area contributed by atoms with Crippen molar-refractivity contribution in [2.45, 2.75) is 45.4 Å². The van der Waals surface area contributed by atoms with Crippen LogP contribution in [0.3, 0.4) is 0 Å². The van der Waals surface area contributed by atoms with Crippen molar-refractivity contribution in [3.8, 4) is 0 Å². The molecule has 2 amide bonds. The monoisotopic (exact) mass is 369 g/mol. The van der Waals surface area contributed by atoms with Crippen molar-refractivity contribution in [2.24, 2.45) is 11.0 Å². The van der Waals surface area contributed by atoms with Gasteiger partial charge in [-0.25, -0.2) is 5.43 Å². The van der Waals surface area contributed by atoms with Crippen LogP contribution < -0.4 is 10.7 Å².